The van der Waals surface area contributed by atoms with E-state index in [4.69, 9.17) is 4.98 Å². The molecule has 0 saturated carbocycles. The zero-order valence-corrected chi connectivity index (χ0v) is 23.5. The number of aromatic nitrogens is 3. The molecule has 5 heterocycles. The van der Waals surface area contributed by atoms with Gasteiger partial charge in [0.15, 0.2) is 0 Å². The number of aryl methyl sites for hydroxylation is 1. The summed E-state index contributed by atoms with van der Waals surface area (Å²) in [6.07, 6.45) is 6.45. The van der Waals surface area contributed by atoms with Crippen molar-refractivity contribution in [2.24, 2.45) is 12.5 Å². The molecule has 0 radical (unpaired) electrons. The van der Waals surface area contributed by atoms with Gasteiger partial charge in [0.05, 0.1) is 16.8 Å². The molecule has 210 valence electrons. The number of nitrogens with one attached hydrogen (secondary N) is 1. The number of nitrogens with zero attached hydrogens (tertiary/aromatic N) is 5. The van der Waals surface area contributed by atoms with Gasteiger partial charge in [-0.05, 0) is 42.8 Å². The molecule has 4 aromatic rings. The fraction of sp³-hybridized carbons (Fsp3) is 0.355. The van der Waals surface area contributed by atoms with E-state index in [2.05, 4.69) is 34.1 Å². The summed E-state index contributed by atoms with van der Waals surface area (Å²) in [5.74, 6) is -1.60. The molecule has 41 heavy (non-hydrogen) atoms. The maximum Gasteiger partial charge on any atom is 0.341 e. The third-order valence-corrected chi connectivity index (χ3v) is 9.29. The summed E-state index contributed by atoms with van der Waals surface area (Å²) in [4.78, 5) is 39.3. The molecule has 10 heteroatoms. The predicted octanol–water partition coefficient (Wildman–Crippen LogP) is 3.98. The Labute approximate surface area is 236 Å². The quantitative estimate of drug-likeness (QED) is 0.344. The standard InChI is InChI=1S/C31H31FN6O3/c1-31-5-6-38(25(31)14-36(3)15-31)27-21(12-34-24-10-18-19(26(24)27)8-17(32)9-23(18)33-2)16-7-20-28(39)22(30(40)41)13-37(4)29(20)35-11-16/h7-9,11-13,25,33H,5-6,10,14-15H2,1-4H3,(H,40,41). The lowest BCUT2D eigenvalue weighted by Crippen LogP contribution is -2.38. The van der Waals surface area contributed by atoms with Gasteiger partial charge in [-0.2, -0.15) is 0 Å². The highest BCUT2D eigenvalue weighted by Crippen LogP contribution is 2.53. The Morgan fingerprint density at radius 1 is 1.17 bits per heavy atom. The van der Waals surface area contributed by atoms with Crippen molar-refractivity contribution >= 4 is 28.4 Å². The summed E-state index contributed by atoms with van der Waals surface area (Å²) in [5.41, 5.74) is 6.44. The molecule has 3 aliphatic rings. The van der Waals surface area contributed by atoms with E-state index in [0.717, 1.165) is 65.4 Å². The first kappa shape index (κ1) is 25.6. The number of likely N-dealkylation sites (tertiary alicyclic amines) is 1. The maximum absolute atomic E-state index is 14.9. The van der Waals surface area contributed by atoms with Gasteiger partial charge in [-0.1, -0.05) is 6.92 Å². The number of pyridine rings is 3. The smallest absolute Gasteiger partial charge is 0.341 e. The minimum atomic E-state index is -1.28. The van der Waals surface area contributed by atoms with Gasteiger partial charge < -0.3 is 24.8 Å². The van der Waals surface area contributed by atoms with Crippen LogP contribution in [0.25, 0.3) is 33.3 Å². The molecule has 0 spiro atoms. The lowest BCUT2D eigenvalue weighted by molar-refractivity contribution is 0.0695. The minimum Gasteiger partial charge on any atom is -0.477 e. The van der Waals surface area contributed by atoms with Crippen LogP contribution < -0.4 is 15.6 Å². The molecule has 7 rings (SSSR count). The lowest BCUT2D eigenvalue weighted by Gasteiger charge is -2.33. The number of carboxylic acids is 1. The average molecular weight is 555 g/mol. The SMILES string of the molecule is CNc1cc(F)cc2c1Cc1ncc(-c3cnc4c(c3)c(=O)c(C(=O)O)cn4C)c(N3CCC4(C)CN(C)CC34)c1-2. The van der Waals surface area contributed by atoms with Crippen molar-refractivity contribution in [2.75, 3.05) is 43.9 Å². The molecule has 1 aliphatic carbocycles. The van der Waals surface area contributed by atoms with Gasteiger partial charge in [0.2, 0.25) is 5.43 Å². The number of benzene rings is 1. The van der Waals surface area contributed by atoms with Gasteiger partial charge in [0, 0.05) is 92.6 Å². The van der Waals surface area contributed by atoms with E-state index in [-0.39, 0.29) is 28.2 Å². The Balaban J connectivity index is 1.51. The van der Waals surface area contributed by atoms with Crippen LogP contribution in [0.15, 0.2) is 41.6 Å². The molecular formula is C31H31FN6O3. The molecule has 0 amide bonds. The van der Waals surface area contributed by atoms with Gasteiger partial charge >= 0.3 is 5.97 Å². The van der Waals surface area contributed by atoms with Crippen LogP contribution >= 0.6 is 0 Å². The van der Waals surface area contributed by atoms with Gasteiger partial charge in [-0.25, -0.2) is 14.2 Å². The fourth-order valence-electron chi connectivity index (χ4n) is 7.39. The van der Waals surface area contributed by atoms with Crippen molar-refractivity contribution < 1.29 is 14.3 Å². The molecular weight excluding hydrogens is 523 g/mol. The van der Waals surface area contributed by atoms with E-state index in [1.165, 1.54) is 12.3 Å². The number of anilines is 2. The van der Waals surface area contributed by atoms with Gasteiger partial charge in [-0.15, -0.1) is 0 Å². The Morgan fingerprint density at radius 2 is 1.98 bits per heavy atom. The van der Waals surface area contributed by atoms with E-state index < -0.39 is 11.4 Å². The van der Waals surface area contributed by atoms with Gasteiger partial charge in [0.1, 0.15) is 17.0 Å². The van der Waals surface area contributed by atoms with Crippen LogP contribution in [0.4, 0.5) is 15.8 Å². The Bertz CT molecular complexity index is 1850. The van der Waals surface area contributed by atoms with Crippen molar-refractivity contribution in [3.05, 3.63) is 69.7 Å². The van der Waals surface area contributed by atoms with E-state index in [1.807, 2.05) is 6.20 Å². The van der Waals surface area contributed by atoms with Crippen molar-refractivity contribution in [3.63, 3.8) is 0 Å². The topological polar surface area (TPSA) is 104 Å². The summed E-state index contributed by atoms with van der Waals surface area (Å²) in [6.45, 7) is 5.08. The van der Waals surface area contributed by atoms with Gasteiger partial charge in [-0.3, -0.25) is 9.78 Å². The number of halogens is 1. The maximum atomic E-state index is 14.9. The summed E-state index contributed by atoms with van der Waals surface area (Å²) in [7, 11) is 5.62. The molecule has 2 saturated heterocycles. The molecule has 0 bridgehead atoms. The zero-order chi connectivity index (χ0) is 28.8. The average Bonchev–Trinajstić information content (AvgIpc) is 3.56. The Morgan fingerprint density at radius 3 is 2.73 bits per heavy atom. The second kappa shape index (κ2) is 8.84. The minimum absolute atomic E-state index is 0.107. The Kier molecular flexibility index (Phi) is 5.53. The monoisotopic (exact) mass is 554 g/mol. The van der Waals surface area contributed by atoms with Crippen LogP contribution in [-0.4, -0.2) is 70.3 Å². The molecule has 2 N–H and O–H groups in total. The molecule has 1 aromatic carbocycles. The highest BCUT2D eigenvalue weighted by molar-refractivity contribution is 5.98. The summed E-state index contributed by atoms with van der Waals surface area (Å²) >= 11 is 0. The third kappa shape index (κ3) is 3.70. The number of hydrogen-bond acceptors (Lipinski definition) is 7. The second-order valence-electron chi connectivity index (χ2n) is 11.9. The molecule has 2 fully saturated rings. The molecule has 2 atom stereocenters. The van der Waals surface area contributed by atoms with Crippen LogP contribution in [0, 0.1) is 11.2 Å². The van der Waals surface area contributed by atoms with Crippen molar-refractivity contribution in [3.8, 4) is 22.3 Å². The predicted molar refractivity (Wildman–Crippen MR) is 156 cm³/mol. The first-order valence-electron chi connectivity index (χ1n) is 13.8. The van der Waals surface area contributed by atoms with Crippen LogP contribution in [0.3, 0.4) is 0 Å². The number of hydrogen-bond donors (Lipinski definition) is 2. The highest BCUT2D eigenvalue weighted by Gasteiger charge is 2.50. The highest BCUT2D eigenvalue weighted by atomic mass is 19.1. The molecule has 3 aromatic heterocycles. The number of rotatable bonds is 4. The van der Waals surface area contributed by atoms with Crippen molar-refractivity contribution in [1.82, 2.24) is 19.4 Å². The number of carbonyl (C=O) groups is 1. The number of aromatic carboxylic acids is 1. The van der Waals surface area contributed by atoms with Crippen molar-refractivity contribution in [1.29, 1.82) is 0 Å². The molecule has 2 unspecified atom stereocenters. The lowest BCUT2D eigenvalue weighted by atomic mass is 9.85. The number of carboxylic acid groups (broad SMARTS) is 1. The normalized spacial score (nSPS) is 21.3. The molecule has 9 nitrogen and oxygen atoms in total. The summed E-state index contributed by atoms with van der Waals surface area (Å²) in [6, 6.07) is 5.09. The van der Waals surface area contributed by atoms with Crippen LogP contribution in [0.5, 0.6) is 0 Å². The Hall–Kier alpha value is -4.31. The van der Waals surface area contributed by atoms with Crippen LogP contribution in [0.2, 0.25) is 0 Å². The second-order valence-corrected chi connectivity index (χ2v) is 11.9. The molecule has 2 aliphatic heterocycles. The first-order valence-corrected chi connectivity index (χ1v) is 13.8. The van der Waals surface area contributed by atoms with Crippen LogP contribution in [0.1, 0.15) is 35.0 Å². The number of fused-ring (bicyclic) bond motifs is 5. The van der Waals surface area contributed by atoms with Crippen LogP contribution in [-0.2, 0) is 13.5 Å². The largest absolute Gasteiger partial charge is 0.477 e. The van der Waals surface area contributed by atoms with Gasteiger partial charge in [0.25, 0.3) is 0 Å². The fourth-order valence-corrected chi connectivity index (χ4v) is 7.39. The van der Waals surface area contributed by atoms with E-state index in [9.17, 15) is 19.1 Å². The van der Waals surface area contributed by atoms with E-state index in [0.29, 0.717) is 17.6 Å². The summed E-state index contributed by atoms with van der Waals surface area (Å²) < 4.78 is 16.5. The van der Waals surface area contributed by atoms with Crippen molar-refractivity contribution in [2.45, 2.75) is 25.8 Å². The first-order chi connectivity index (χ1) is 19.6. The third-order valence-electron chi connectivity index (χ3n) is 9.29. The number of likely N-dealkylation sites (N-methyl/N-ethyl adjacent to an activating group) is 1. The van der Waals surface area contributed by atoms with E-state index >= 15 is 0 Å². The van der Waals surface area contributed by atoms with E-state index in [1.54, 1.807) is 37.0 Å². The zero-order valence-electron chi connectivity index (χ0n) is 23.5. The summed E-state index contributed by atoms with van der Waals surface area (Å²) in [5, 5.41) is 13.0.